The van der Waals surface area contributed by atoms with Gasteiger partial charge in [0.25, 0.3) is 0 Å². The number of likely N-dealkylation sites (tertiary alicyclic amines) is 2. The fourth-order valence-corrected chi connectivity index (χ4v) is 4.83. The summed E-state index contributed by atoms with van der Waals surface area (Å²) in [5.41, 5.74) is -0.0236. The number of carbonyl (C=O) groups is 2. The highest BCUT2D eigenvalue weighted by atomic mass is 19.4. The molecule has 2 aliphatic heterocycles. The van der Waals surface area contributed by atoms with Gasteiger partial charge in [0.1, 0.15) is 11.5 Å². The quantitative estimate of drug-likeness (QED) is 0.716. The maximum atomic E-state index is 12.5. The Morgan fingerprint density at radius 2 is 2.03 bits per heavy atom. The van der Waals surface area contributed by atoms with E-state index < -0.39 is 12.1 Å². The Morgan fingerprint density at radius 3 is 2.55 bits per heavy atom. The minimum Gasteiger partial charge on any atom is -0.475 e. The molecule has 176 valence electrons. The number of aliphatic carboxylic acids is 1. The van der Waals surface area contributed by atoms with E-state index in [0.29, 0.717) is 31.5 Å². The first-order chi connectivity index (χ1) is 14.5. The van der Waals surface area contributed by atoms with E-state index >= 15 is 0 Å². The van der Waals surface area contributed by atoms with Crippen molar-refractivity contribution >= 4 is 11.9 Å². The third kappa shape index (κ3) is 6.00. The van der Waals surface area contributed by atoms with Crippen molar-refractivity contribution in [2.45, 2.75) is 70.3 Å². The van der Waals surface area contributed by atoms with Crippen LogP contribution >= 0.6 is 0 Å². The molecule has 1 aromatic heterocycles. The van der Waals surface area contributed by atoms with Crippen molar-refractivity contribution in [1.82, 2.24) is 9.80 Å². The first kappa shape index (κ1) is 25.2. The molecule has 1 N–H and O–H groups in total. The van der Waals surface area contributed by atoms with Gasteiger partial charge in [0.2, 0.25) is 5.91 Å². The van der Waals surface area contributed by atoms with Crippen LogP contribution in [0.3, 0.4) is 0 Å². The molecule has 0 saturated carbocycles. The van der Waals surface area contributed by atoms with Crippen molar-refractivity contribution in [3.05, 3.63) is 23.7 Å². The maximum absolute atomic E-state index is 12.5. The summed E-state index contributed by atoms with van der Waals surface area (Å²) in [4.78, 5) is 26.1. The minimum atomic E-state index is -5.08. The molecule has 0 unspecified atom stereocenters. The van der Waals surface area contributed by atoms with E-state index in [1.165, 1.54) is 0 Å². The van der Waals surface area contributed by atoms with E-state index in [2.05, 4.69) is 22.8 Å². The van der Waals surface area contributed by atoms with Crippen LogP contribution in [0.25, 0.3) is 0 Å². The van der Waals surface area contributed by atoms with Crippen LogP contribution in [0.2, 0.25) is 0 Å². The Kier molecular flexibility index (Phi) is 8.53. The molecule has 10 heteroatoms. The maximum Gasteiger partial charge on any atom is 0.490 e. The zero-order chi connectivity index (χ0) is 23.2. The number of amides is 1. The lowest BCUT2D eigenvalue weighted by molar-refractivity contribution is -0.192. The van der Waals surface area contributed by atoms with Gasteiger partial charge in [0.05, 0.1) is 18.7 Å². The van der Waals surface area contributed by atoms with Crippen molar-refractivity contribution in [2.24, 2.45) is 0 Å². The average molecular weight is 448 g/mol. The molecule has 0 aromatic carbocycles. The number of furan rings is 1. The zero-order valence-electron chi connectivity index (χ0n) is 18.2. The fourth-order valence-electron chi connectivity index (χ4n) is 4.83. The molecule has 1 aromatic rings. The topological polar surface area (TPSA) is 83.2 Å². The number of rotatable bonds is 6. The van der Waals surface area contributed by atoms with Gasteiger partial charge in [0.15, 0.2) is 0 Å². The van der Waals surface area contributed by atoms with Gasteiger partial charge >= 0.3 is 12.1 Å². The number of carboxylic acid groups (broad SMARTS) is 1. The van der Waals surface area contributed by atoms with Crippen LogP contribution in [0.5, 0.6) is 0 Å². The molecule has 1 spiro atoms. The lowest BCUT2D eigenvalue weighted by atomic mass is 9.77. The zero-order valence-corrected chi connectivity index (χ0v) is 18.2. The summed E-state index contributed by atoms with van der Waals surface area (Å²) < 4.78 is 42.8. The smallest absolute Gasteiger partial charge is 0.475 e. The summed E-state index contributed by atoms with van der Waals surface area (Å²) in [6.45, 7) is 7.46. The van der Waals surface area contributed by atoms with Crippen LogP contribution in [-0.4, -0.2) is 71.3 Å². The molecule has 2 atom stereocenters. The normalized spacial score (nSPS) is 24.4. The van der Waals surface area contributed by atoms with Gasteiger partial charge in [-0.2, -0.15) is 13.2 Å². The van der Waals surface area contributed by atoms with E-state index in [4.69, 9.17) is 19.1 Å². The molecule has 3 heterocycles. The highest BCUT2D eigenvalue weighted by Gasteiger charge is 2.52. The van der Waals surface area contributed by atoms with Crippen molar-refractivity contribution in [1.29, 1.82) is 0 Å². The van der Waals surface area contributed by atoms with Crippen LogP contribution in [0.1, 0.15) is 50.5 Å². The van der Waals surface area contributed by atoms with E-state index in [-0.39, 0.29) is 5.54 Å². The van der Waals surface area contributed by atoms with Gasteiger partial charge in [-0.05, 0) is 51.3 Å². The Bertz CT molecular complexity index is 752. The molecule has 7 nitrogen and oxygen atoms in total. The van der Waals surface area contributed by atoms with E-state index in [9.17, 15) is 18.0 Å². The Labute approximate surface area is 180 Å². The number of carboxylic acids is 1. The van der Waals surface area contributed by atoms with Gasteiger partial charge in [0, 0.05) is 26.1 Å². The number of alkyl halides is 3. The second-order valence-corrected chi connectivity index (χ2v) is 7.96. The van der Waals surface area contributed by atoms with Crippen LogP contribution in [0.15, 0.2) is 16.5 Å². The summed E-state index contributed by atoms with van der Waals surface area (Å²) >= 11 is 0. The Hall–Kier alpha value is -2.07. The van der Waals surface area contributed by atoms with Gasteiger partial charge in [-0.1, -0.05) is 6.92 Å². The molecule has 0 radical (unpaired) electrons. The summed E-state index contributed by atoms with van der Waals surface area (Å²) in [6, 6.07) is 4.49. The van der Waals surface area contributed by atoms with Gasteiger partial charge in [-0.15, -0.1) is 0 Å². The van der Waals surface area contributed by atoms with Crippen molar-refractivity contribution in [3.63, 3.8) is 0 Å². The molecule has 2 saturated heterocycles. The molecular weight excluding hydrogens is 417 g/mol. The van der Waals surface area contributed by atoms with Gasteiger partial charge in [-0.3, -0.25) is 9.69 Å². The SMILES string of the molecule is CC[C@H]1N(Cc2ccc(C)o2)CCC[C@]12CCC(=O)N2CCOC.O=C(O)C(F)(F)F. The molecule has 2 fully saturated rings. The van der Waals surface area contributed by atoms with E-state index in [1.54, 1.807) is 7.11 Å². The van der Waals surface area contributed by atoms with Gasteiger partial charge < -0.3 is 19.2 Å². The third-order valence-electron chi connectivity index (χ3n) is 6.03. The standard InChI is InChI=1S/C19H30N2O3.C2HF3O2/c1-4-17-19(10-8-18(22)21(19)12-13-23-3)9-5-11-20(17)14-16-7-6-15(2)24-16;3-2(4,5)1(6)7/h6-7,17H,4-5,8-14H2,1-3H3;(H,6,7)/t17-,19+;/m1./s1. The van der Waals surface area contributed by atoms with Crippen LogP contribution < -0.4 is 0 Å². The average Bonchev–Trinajstić information content (AvgIpc) is 3.24. The molecule has 31 heavy (non-hydrogen) atoms. The highest BCUT2D eigenvalue weighted by molar-refractivity contribution is 5.80. The summed E-state index contributed by atoms with van der Waals surface area (Å²) in [5.74, 6) is -0.480. The number of halogens is 3. The second-order valence-electron chi connectivity index (χ2n) is 7.96. The molecule has 3 rings (SSSR count). The lowest BCUT2D eigenvalue weighted by Crippen LogP contribution is -2.63. The third-order valence-corrected chi connectivity index (χ3v) is 6.03. The van der Waals surface area contributed by atoms with Crippen LogP contribution in [0, 0.1) is 6.92 Å². The lowest BCUT2D eigenvalue weighted by Gasteiger charge is -2.52. The summed E-state index contributed by atoms with van der Waals surface area (Å²) in [5, 5.41) is 7.12. The van der Waals surface area contributed by atoms with Crippen molar-refractivity contribution < 1.29 is 37.0 Å². The van der Waals surface area contributed by atoms with Crippen molar-refractivity contribution in [3.8, 4) is 0 Å². The summed E-state index contributed by atoms with van der Waals surface area (Å²) in [7, 11) is 1.71. The summed E-state index contributed by atoms with van der Waals surface area (Å²) in [6.07, 6.45) is -0.145. The van der Waals surface area contributed by atoms with E-state index in [0.717, 1.165) is 50.3 Å². The second kappa shape index (κ2) is 10.5. The molecule has 0 bridgehead atoms. The number of aryl methyl sites for hydroxylation is 1. The molecular formula is C21H31F3N2O5. The van der Waals surface area contributed by atoms with Crippen LogP contribution in [0.4, 0.5) is 13.2 Å². The number of carbonyl (C=O) groups excluding carboxylic acids is 1. The Balaban J connectivity index is 0.000000423. The Morgan fingerprint density at radius 1 is 1.35 bits per heavy atom. The fraction of sp³-hybridized carbons (Fsp3) is 0.714. The van der Waals surface area contributed by atoms with E-state index in [1.807, 2.05) is 13.0 Å². The number of methoxy groups -OCH3 is 1. The molecule has 2 aliphatic rings. The van der Waals surface area contributed by atoms with Crippen LogP contribution in [-0.2, 0) is 20.9 Å². The predicted octanol–water partition coefficient (Wildman–Crippen LogP) is 3.60. The number of nitrogens with zero attached hydrogens (tertiary/aromatic N) is 2. The van der Waals surface area contributed by atoms with Gasteiger partial charge in [-0.25, -0.2) is 4.79 Å². The molecule has 1 amide bonds. The monoisotopic (exact) mass is 448 g/mol. The highest BCUT2D eigenvalue weighted by Crippen LogP contribution is 2.43. The minimum absolute atomic E-state index is 0.0236. The molecule has 0 aliphatic carbocycles. The number of ether oxygens (including phenoxy) is 1. The number of hydrogen-bond donors (Lipinski definition) is 1. The number of hydrogen-bond acceptors (Lipinski definition) is 5. The largest absolute Gasteiger partial charge is 0.490 e. The van der Waals surface area contributed by atoms with Crippen molar-refractivity contribution in [2.75, 3.05) is 26.8 Å². The first-order valence-corrected chi connectivity index (χ1v) is 10.4. The first-order valence-electron chi connectivity index (χ1n) is 10.4. The number of piperidine rings is 1. The predicted molar refractivity (Wildman–Crippen MR) is 106 cm³/mol.